The fourth-order valence-corrected chi connectivity index (χ4v) is 1.50. The highest BCUT2D eigenvalue weighted by Gasteiger charge is 2.11. The van der Waals surface area contributed by atoms with E-state index in [-0.39, 0.29) is 10.6 Å². The van der Waals surface area contributed by atoms with E-state index in [1.807, 2.05) is 24.3 Å². The smallest absolute Gasteiger partial charge is 0.258 e. The lowest BCUT2D eigenvalue weighted by Crippen LogP contribution is -1.92. The molecule has 0 N–H and O–H groups in total. The van der Waals surface area contributed by atoms with E-state index < -0.39 is 0 Å². The molecule has 0 fully saturated rings. The lowest BCUT2D eigenvalue weighted by Gasteiger charge is -2.02. The number of pyridine rings is 1. The van der Waals surface area contributed by atoms with Crippen LogP contribution in [0.2, 0.25) is 0 Å². The Labute approximate surface area is 92.7 Å². The van der Waals surface area contributed by atoms with Crippen molar-refractivity contribution in [2.75, 3.05) is 0 Å². The van der Waals surface area contributed by atoms with Crippen molar-refractivity contribution in [3.05, 3.63) is 58.3 Å². The van der Waals surface area contributed by atoms with E-state index in [9.17, 15) is 10.1 Å². The highest BCUT2D eigenvalue weighted by atomic mass is 16.6. The lowest BCUT2D eigenvalue weighted by atomic mass is 10.1. The second-order valence-corrected chi connectivity index (χ2v) is 3.47. The molecule has 2 rings (SSSR count). The molecule has 4 heteroatoms. The number of hydrogen-bond donors (Lipinski definition) is 0. The molecule has 2 aromatic rings. The van der Waals surface area contributed by atoms with E-state index in [4.69, 9.17) is 0 Å². The van der Waals surface area contributed by atoms with Gasteiger partial charge < -0.3 is 0 Å². The van der Waals surface area contributed by atoms with Crippen molar-refractivity contribution in [3.63, 3.8) is 0 Å². The third kappa shape index (κ3) is 1.91. The van der Waals surface area contributed by atoms with Crippen molar-refractivity contribution >= 4 is 5.69 Å². The van der Waals surface area contributed by atoms with Gasteiger partial charge in [0, 0.05) is 23.4 Å². The zero-order valence-electron chi connectivity index (χ0n) is 8.75. The summed E-state index contributed by atoms with van der Waals surface area (Å²) >= 11 is 0. The number of aryl methyl sites for hydroxylation is 1. The molecule has 1 heterocycles. The second-order valence-electron chi connectivity index (χ2n) is 3.47. The topological polar surface area (TPSA) is 56.0 Å². The molecule has 0 saturated heterocycles. The van der Waals surface area contributed by atoms with Crippen molar-refractivity contribution in [3.8, 4) is 11.3 Å². The Morgan fingerprint density at radius 2 is 2.06 bits per heavy atom. The van der Waals surface area contributed by atoms with E-state index in [0.717, 1.165) is 11.3 Å². The molecule has 0 bridgehead atoms. The number of aromatic nitrogens is 1. The number of nitrogens with zero attached hydrogens (tertiary/aromatic N) is 2. The molecule has 0 saturated carbocycles. The molecular weight excluding hydrogens is 204 g/mol. The quantitative estimate of drug-likeness (QED) is 0.570. The number of rotatable bonds is 2. The molecular formula is C12H10N2O2. The minimum atomic E-state index is -0.373. The van der Waals surface area contributed by atoms with Crippen LogP contribution in [-0.4, -0.2) is 9.91 Å². The summed E-state index contributed by atoms with van der Waals surface area (Å²) in [4.78, 5) is 14.6. The van der Waals surface area contributed by atoms with Gasteiger partial charge in [-0.2, -0.15) is 0 Å². The molecule has 0 radical (unpaired) electrons. The molecule has 0 aliphatic heterocycles. The van der Waals surface area contributed by atoms with Crippen LogP contribution in [0.25, 0.3) is 11.3 Å². The normalized spacial score (nSPS) is 10.1. The molecule has 16 heavy (non-hydrogen) atoms. The number of nitro benzene ring substituents is 1. The largest absolute Gasteiger partial charge is 0.272 e. The van der Waals surface area contributed by atoms with Gasteiger partial charge in [0.25, 0.3) is 5.69 Å². The van der Waals surface area contributed by atoms with Crippen LogP contribution in [0.1, 0.15) is 5.56 Å². The summed E-state index contributed by atoms with van der Waals surface area (Å²) in [6.07, 6.45) is 1.67. The first-order valence-corrected chi connectivity index (χ1v) is 4.85. The summed E-state index contributed by atoms with van der Waals surface area (Å²) in [5.41, 5.74) is 2.29. The predicted octanol–water partition coefficient (Wildman–Crippen LogP) is 2.97. The molecule has 80 valence electrons. The monoisotopic (exact) mass is 214 g/mol. The van der Waals surface area contributed by atoms with Crippen LogP contribution in [-0.2, 0) is 0 Å². The molecule has 0 amide bonds. The van der Waals surface area contributed by atoms with Crippen molar-refractivity contribution in [1.82, 2.24) is 4.98 Å². The van der Waals surface area contributed by atoms with E-state index in [0.29, 0.717) is 5.56 Å². The van der Waals surface area contributed by atoms with Gasteiger partial charge in [0.2, 0.25) is 0 Å². The molecule has 0 atom stereocenters. The minimum Gasteiger partial charge on any atom is -0.258 e. The first-order valence-electron chi connectivity index (χ1n) is 4.85. The average Bonchev–Trinajstić information content (AvgIpc) is 2.30. The van der Waals surface area contributed by atoms with Crippen molar-refractivity contribution in [2.45, 2.75) is 6.92 Å². The molecule has 1 aromatic carbocycles. The van der Waals surface area contributed by atoms with Gasteiger partial charge in [-0.1, -0.05) is 18.2 Å². The third-order valence-electron chi connectivity index (χ3n) is 2.37. The fraction of sp³-hybridized carbons (Fsp3) is 0.0833. The van der Waals surface area contributed by atoms with Crippen LogP contribution < -0.4 is 0 Å². The van der Waals surface area contributed by atoms with Crippen molar-refractivity contribution in [2.24, 2.45) is 0 Å². The number of benzene rings is 1. The number of nitro groups is 1. The molecule has 0 aliphatic rings. The zero-order chi connectivity index (χ0) is 11.5. The van der Waals surface area contributed by atoms with Crippen molar-refractivity contribution in [1.29, 1.82) is 0 Å². The van der Waals surface area contributed by atoms with Crippen LogP contribution in [0, 0.1) is 17.0 Å². The van der Waals surface area contributed by atoms with Gasteiger partial charge >= 0.3 is 0 Å². The van der Waals surface area contributed by atoms with Crippen LogP contribution in [0.15, 0.2) is 42.6 Å². The molecule has 0 spiro atoms. The minimum absolute atomic E-state index is 0.128. The van der Waals surface area contributed by atoms with Crippen LogP contribution >= 0.6 is 0 Å². The number of hydrogen-bond acceptors (Lipinski definition) is 3. The van der Waals surface area contributed by atoms with Crippen LogP contribution in [0.4, 0.5) is 5.69 Å². The molecule has 4 nitrogen and oxygen atoms in total. The van der Waals surface area contributed by atoms with Gasteiger partial charge in [-0.3, -0.25) is 15.1 Å². The Bertz CT molecular complexity index is 524. The van der Waals surface area contributed by atoms with Gasteiger partial charge in [-0.25, -0.2) is 0 Å². The summed E-state index contributed by atoms with van der Waals surface area (Å²) < 4.78 is 0. The predicted molar refractivity (Wildman–Crippen MR) is 61.1 cm³/mol. The van der Waals surface area contributed by atoms with Gasteiger partial charge in [0.1, 0.15) is 0 Å². The second kappa shape index (κ2) is 4.10. The van der Waals surface area contributed by atoms with E-state index >= 15 is 0 Å². The maximum atomic E-state index is 10.8. The summed E-state index contributed by atoms with van der Waals surface area (Å²) in [6.45, 7) is 1.72. The van der Waals surface area contributed by atoms with Crippen molar-refractivity contribution < 1.29 is 4.92 Å². The Balaban J connectivity index is 2.52. The summed E-state index contributed by atoms with van der Waals surface area (Å²) in [5, 5.41) is 10.8. The Hall–Kier alpha value is -2.23. The van der Waals surface area contributed by atoms with Crippen LogP contribution in [0.5, 0.6) is 0 Å². The zero-order valence-corrected chi connectivity index (χ0v) is 8.75. The maximum Gasteiger partial charge on any atom is 0.272 e. The van der Waals surface area contributed by atoms with Gasteiger partial charge in [-0.15, -0.1) is 0 Å². The van der Waals surface area contributed by atoms with Gasteiger partial charge in [0.15, 0.2) is 0 Å². The Morgan fingerprint density at radius 3 is 2.69 bits per heavy atom. The maximum absolute atomic E-state index is 10.8. The fourth-order valence-electron chi connectivity index (χ4n) is 1.50. The van der Waals surface area contributed by atoms with E-state index in [1.165, 1.54) is 0 Å². The third-order valence-corrected chi connectivity index (χ3v) is 2.37. The van der Waals surface area contributed by atoms with Gasteiger partial charge in [-0.05, 0) is 19.1 Å². The highest BCUT2D eigenvalue weighted by molar-refractivity contribution is 5.63. The first kappa shape index (κ1) is 10.3. The highest BCUT2D eigenvalue weighted by Crippen LogP contribution is 2.25. The van der Waals surface area contributed by atoms with Crippen LogP contribution in [0.3, 0.4) is 0 Å². The summed E-state index contributed by atoms with van der Waals surface area (Å²) in [7, 11) is 0. The lowest BCUT2D eigenvalue weighted by molar-refractivity contribution is -0.385. The van der Waals surface area contributed by atoms with Gasteiger partial charge in [0.05, 0.1) is 10.6 Å². The first-order chi connectivity index (χ1) is 7.68. The average molecular weight is 214 g/mol. The SMILES string of the molecule is Cc1ccc(-c2ccccn2)cc1[N+](=O)[O-]. The Morgan fingerprint density at radius 1 is 1.25 bits per heavy atom. The van der Waals surface area contributed by atoms with E-state index in [1.54, 1.807) is 25.3 Å². The molecule has 1 aromatic heterocycles. The molecule has 0 unspecified atom stereocenters. The summed E-state index contributed by atoms with van der Waals surface area (Å²) in [5.74, 6) is 0. The molecule has 0 aliphatic carbocycles. The standard InChI is InChI=1S/C12H10N2O2/c1-9-5-6-10(8-12(9)14(15)16)11-4-2-3-7-13-11/h2-8H,1H3. The van der Waals surface area contributed by atoms with E-state index in [2.05, 4.69) is 4.98 Å². The summed E-state index contributed by atoms with van der Waals surface area (Å²) in [6, 6.07) is 10.6. The Kier molecular flexibility index (Phi) is 2.64.